The quantitative estimate of drug-likeness (QED) is 0.297. The minimum atomic E-state index is -0.568. The van der Waals surface area contributed by atoms with Crippen LogP contribution in [0.2, 0.25) is 0 Å². The Hall–Kier alpha value is -3.79. The first-order chi connectivity index (χ1) is 17.0. The molecular formula is C25H28FN5O4. The molecule has 1 aliphatic carbocycles. The molecule has 1 saturated carbocycles. The Balaban J connectivity index is 1.39. The van der Waals surface area contributed by atoms with Gasteiger partial charge in [0.2, 0.25) is 11.8 Å². The Morgan fingerprint density at radius 1 is 1.00 bits per heavy atom. The fraction of sp³-hybridized carbons (Fsp3) is 0.360. The second-order valence-electron chi connectivity index (χ2n) is 8.31. The summed E-state index contributed by atoms with van der Waals surface area (Å²) in [7, 11) is 1.54. The Morgan fingerprint density at radius 2 is 1.74 bits per heavy atom. The lowest BCUT2D eigenvalue weighted by Gasteiger charge is -2.13. The van der Waals surface area contributed by atoms with E-state index >= 15 is 4.39 Å². The molecule has 0 radical (unpaired) electrons. The van der Waals surface area contributed by atoms with Gasteiger partial charge in [-0.1, -0.05) is 12.8 Å². The van der Waals surface area contributed by atoms with Gasteiger partial charge in [-0.15, -0.1) is 0 Å². The number of nitrogens with zero attached hydrogens (tertiary/aromatic N) is 2. The van der Waals surface area contributed by atoms with Crippen LogP contribution in [0.4, 0.5) is 21.6 Å². The smallest absolute Gasteiger partial charge is 0.233 e. The maximum absolute atomic E-state index is 15.1. The van der Waals surface area contributed by atoms with Crippen molar-refractivity contribution in [2.75, 3.05) is 31.0 Å². The Labute approximate surface area is 202 Å². The van der Waals surface area contributed by atoms with Crippen LogP contribution >= 0.6 is 0 Å². The number of halogens is 1. The van der Waals surface area contributed by atoms with E-state index in [0.717, 1.165) is 25.7 Å². The molecule has 4 rings (SSSR count). The summed E-state index contributed by atoms with van der Waals surface area (Å²) in [6.07, 6.45) is 5.28. The monoisotopic (exact) mass is 481 g/mol. The predicted molar refractivity (Wildman–Crippen MR) is 130 cm³/mol. The zero-order valence-corrected chi connectivity index (χ0v) is 19.5. The normalized spacial score (nSPS) is 13.5. The number of fused-ring (bicyclic) bond motifs is 1. The molecule has 10 heteroatoms. The fourth-order valence-corrected chi connectivity index (χ4v) is 4.01. The summed E-state index contributed by atoms with van der Waals surface area (Å²) in [5.41, 5.74) is 1.60. The number of nitrogens with one attached hydrogen (secondary N) is 3. The maximum Gasteiger partial charge on any atom is 0.233 e. The van der Waals surface area contributed by atoms with E-state index in [0.29, 0.717) is 23.5 Å². The van der Waals surface area contributed by atoms with Gasteiger partial charge in [0.25, 0.3) is 0 Å². The highest BCUT2D eigenvalue weighted by atomic mass is 19.1. The molecule has 3 N–H and O–H groups in total. The minimum absolute atomic E-state index is 0.0856. The van der Waals surface area contributed by atoms with E-state index in [2.05, 4.69) is 25.9 Å². The van der Waals surface area contributed by atoms with Crippen LogP contribution in [0, 0.1) is 5.82 Å². The van der Waals surface area contributed by atoms with Gasteiger partial charge in [-0.3, -0.25) is 9.59 Å². The van der Waals surface area contributed by atoms with Crippen LogP contribution in [0.1, 0.15) is 32.1 Å². The zero-order chi connectivity index (χ0) is 24.6. The lowest BCUT2D eigenvalue weighted by molar-refractivity contribution is -0.127. The van der Waals surface area contributed by atoms with Crippen LogP contribution < -0.4 is 20.7 Å². The second kappa shape index (κ2) is 11.6. The number of amides is 2. The van der Waals surface area contributed by atoms with E-state index in [4.69, 9.17) is 9.47 Å². The third kappa shape index (κ3) is 6.42. The van der Waals surface area contributed by atoms with Crippen molar-refractivity contribution in [1.29, 1.82) is 0 Å². The Morgan fingerprint density at radius 3 is 2.49 bits per heavy atom. The van der Waals surface area contributed by atoms with Gasteiger partial charge < -0.3 is 25.4 Å². The van der Waals surface area contributed by atoms with Crippen molar-refractivity contribution in [3.63, 3.8) is 0 Å². The van der Waals surface area contributed by atoms with Crippen LogP contribution in [0.5, 0.6) is 5.75 Å². The summed E-state index contributed by atoms with van der Waals surface area (Å²) in [5, 5.41) is 8.91. The van der Waals surface area contributed by atoms with Crippen molar-refractivity contribution in [2.24, 2.45) is 0 Å². The lowest BCUT2D eigenvalue weighted by Crippen LogP contribution is -2.34. The fourth-order valence-electron chi connectivity index (χ4n) is 4.01. The molecule has 3 aromatic rings. The van der Waals surface area contributed by atoms with Gasteiger partial charge in [0.05, 0.1) is 17.5 Å². The number of carbonyl (C=O) groups excluding carboxylic acids is 2. The molecule has 0 unspecified atom stereocenters. The summed E-state index contributed by atoms with van der Waals surface area (Å²) >= 11 is 0. The molecule has 1 fully saturated rings. The van der Waals surface area contributed by atoms with Crippen molar-refractivity contribution < 1.29 is 23.5 Å². The molecule has 1 aliphatic rings. The molecule has 9 nitrogen and oxygen atoms in total. The first-order valence-corrected chi connectivity index (χ1v) is 11.5. The third-order valence-electron chi connectivity index (χ3n) is 5.72. The van der Waals surface area contributed by atoms with Gasteiger partial charge in [0, 0.05) is 24.5 Å². The van der Waals surface area contributed by atoms with Gasteiger partial charge in [-0.05, 0) is 49.2 Å². The lowest BCUT2D eigenvalue weighted by atomic mass is 10.2. The summed E-state index contributed by atoms with van der Waals surface area (Å²) in [5.74, 6) is -0.851. The van der Waals surface area contributed by atoms with Crippen LogP contribution in [-0.2, 0) is 14.3 Å². The average molecular weight is 482 g/mol. The SMILES string of the molecule is COCCOc1ccc2ncnc(Nc3ccc(NC(=O)CC(=O)NC4CCCC4)cc3)c2c1F. The topological polar surface area (TPSA) is 114 Å². The summed E-state index contributed by atoms with van der Waals surface area (Å²) in [4.78, 5) is 32.6. The molecule has 2 amide bonds. The maximum atomic E-state index is 15.1. The van der Waals surface area contributed by atoms with Gasteiger partial charge in [0.15, 0.2) is 11.6 Å². The second-order valence-corrected chi connectivity index (χ2v) is 8.31. The molecule has 0 atom stereocenters. The van der Waals surface area contributed by atoms with Crippen molar-refractivity contribution in [3.8, 4) is 5.75 Å². The molecule has 0 saturated heterocycles. The number of methoxy groups -OCH3 is 1. The van der Waals surface area contributed by atoms with Crippen molar-refractivity contribution in [2.45, 2.75) is 38.1 Å². The summed E-state index contributed by atoms with van der Waals surface area (Å²) < 4.78 is 25.5. The zero-order valence-electron chi connectivity index (χ0n) is 19.5. The number of hydrogen-bond donors (Lipinski definition) is 3. The predicted octanol–water partition coefficient (Wildman–Crippen LogP) is 3.93. The summed E-state index contributed by atoms with van der Waals surface area (Å²) in [6, 6.07) is 10.2. The molecule has 0 spiro atoms. The van der Waals surface area contributed by atoms with E-state index in [1.54, 1.807) is 37.4 Å². The Kier molecular flexibility index (Phi) is 8.04. The molecule has 1 aromatic heterocycles. The van der Waals surface area contributed by atoms with E-state index < -0.39 is 5.82 Å². The molecule has 35 heavy (non-hydrogen) atoms. The number of rotatable bonds is 10. The number of aromatic nitrogens is 2. The van der Waals surface area contributed by atoms with Gasteiger partial charge in [-0.25, -0.2) is 14.4 Å². The molecule has 184 valence electrons. The van der Waals surface area contributed by atoms with Gasteiger partial charge in [0.1, 0.15) is 25.2 Å². The molecular weight excluding hydrogens is 453 g/mol. The van der Waals surface area contributed by atoms with Crippen LogP contribution in [0.15, 0.2) is 42.7 Å². The highest BCUT2D eigenvalue weighted by Crippen LogP contribution is 2.31. The van der Waals surface area contributed by atoms with Crippen molar-refractivity contribution in [3.05, 3.63) is 48.5 Å². The number of hydrogen-bond acceptors (Lipinski definition) is 7. The van der Waals surface area contributed by atoms with Crippen LogP contribution in [0.25, 0.3) is 10.9 Å². The number of ether oxygens (including phenoxy) is 2. The highest BCUT2D eigenvalue weighted by Gasteiger charge is 2.19. The number of benzene rings is 2. The molecule has 1 heterocycles. The van der Waals surface area contributed by atoms with Crippen molar-refractivity contribution in [1.82, 2.24) is 15.3 Å². The number of carbonyl (C=O) groups is 2. The largest absolute Gasteiger partial charge is 0.488 e. The van der Waals surface area contributed by atoms with Gasteiger partial charge >= 0.3 is 0 Å². The first kappa shape index (κ1) is 24.3. The number of anilines is 3. The first-order valence-electron chi connectivity index (χ1n) is 11.5. The highest BCUT2D eigenvalue weighted by molar-refractivity contribution is 6.03. The standard InChI is InChI=1S/C25H28FN5O4/c1-34-12-13-35-20-11-10-19-23(24(20)26)25(28-15-27-19)31-18-8-6-17(7-9-18)30-22(33)14-21(32)29-16-4-2-3-5-16/h6-11,15-16H,2-5,12-14H2,1H3,(H,29,32)(H,30,33)(H,27,28,31). The van der Waals surface area contributed by atoms with Crippen LogP contribution in [-0.4, -0.2) is 48.1 Å². The molecule has 2 aromatic carbocycles. The molecule has 0 bridgehead atoms. The van der Waals surface area contributed by atoms with E-state index in [1.807, 2.05) is 0 Å². The van der Waals surface area contributed by atoms with Gasteiger partial charge in [-0.2, -0.15) is 0 Å². The molecule has 0 aliphatic heterocycles. The van der Waals surface area contributed by atoms with E-state index in [1.165, 1.54) is 12.4 Å². The third-order valence-corrected chi connectivity index (χ3v) is 5.72. The van der Waals surface area contributed by atoms with Crippen LogP contribution in [0.3, 0.4) is 0 Å². The summed E-state index contributed by atoms with van der Waals surface area (Å²) in [6.45, 7) is 0.548. The van der Waals surface area contributed by atoms with Crippen molar-refractivity contribution >= 4 is 39.9 Å². The minimum Gasteiger partial charge on any atom is -0.488 e. The average Bonchev–Trinajstić information content (AvgIpc) is 3.35. The Bertz CT molecular complexity index is 1180. The van der Waals surface area contributed by atoms with E-state index in [-0.39, 0.29) is 47.8 Å². The van der Waals surface area contributed by atoms with E-state index in [9.17, 15) is 9.59 Å².